The van der Waals surface area contributed by atoms with Crippen molar-refractivity contribution in [3.05, 3.63) is 17.7 Å². The Bertz CT molecular complexity index is 483. The quantitative estimate of drug-likeness (QED) is 0.767. The molecule has 2 aliphatic rings. The molecule has 1 aliphatic carbocycles. The van der Waals surface area contributed by atoms with Gasteiger partial charge in [0.25, 0.3) is 0 Å². The Morgan fingerprint density at radius 1 is 1.29 bits per heavy atom. The molecule has 3 rings (SSSR count). The number of rotatable bonds is 8. The number of aromatic amines is 1. The van der Waals surface area contributed by atoms with Crippen LogP contribution in [0.15, 0.2) is 6.20 Å². The van der Waals surface area contributed by atoms with Crippen LogP contribution in [-0.2, 0) is 13.0 Å². The highest BCUT2D eigenvalue weighted by Gasteiger charge is 2.33. The lowest BCUT2D eigenvalue weighted by molar-refractivity contribution is 0.0263. The van der Waals surface area contributed by atoms with Gasteiger partial charge in [0.15, 0.2) is 0 Å². The van der Waals surface area contributed by atoms with Gasteiger partial charge in [-0.3, -0.25) is 9.80 Å². The number of piperazine rings is 1. The Balaban J connectivity index is 1.54. The first-order valence-electron chi connectivity index (χ1n) is 9.92. The van der Waals surface area contributed by atoms with E-state index in [2.05, 4.69) is 26.7 Å². The summed E-state index contributed by atoms with van der Waals surface area (Å²) in [6.45, 7) is 6.82. The number of unbranched alkanes of at least 4 members (excludes halogenated alkanes) is 1. The predicted molar refractivity (Wildman–Crippen MR) is 96.9 cm³/mol. The lowest BCUT2D eigenvalue weighted by Gasteiger charge is -2.44. The average molecular weight is 335 g/mol. The number of hydrogen-bond donors (Lipinski definition) is 2. The fourth-order valence-corrected chi connectivity index (χ4v) is 4.40. The van der Waals surface area contributed by atoms with Crippen molar-refractivity contribution in [2.75, 3.05) is 26.2 Å². The molecule has 0 spiro atoms. The van der Waals surface area contributed by atoms with Crippen LogP contribution in [0, 0.1) is 0 Å². The predicted octanol–water partition coefficient (Wildman–Crippen LogP) is 2.56. The summed E-state index contributed by atoms with van der Waals surface area (Å²) in [6, 6.07) is 1.27. The normalized spacial score (nSPS) is 24.0. The molecule has 1 unspecified atom stereocenters. The van der Waals surface area contributed by atoms with Gasteiger partial charge in [-0.2, -0.15) is 0 Å². The Morgan fingerprint density at radius 2 is 2.12 bits per heavy atom. The molecule has 1 atom stereocenters. The van der Waals surface area contributed by atoms with Crippen molar-refractivity contribution in [2.45, 2.75) is 76.9 Å². The maximum Gasteiger partial charge on any atom is 0.106 e. The molecule has 24 heavy (non-hydrogen) atoms. The molecular weight excluding hydrogens is 300 g/mol. The van der Waals surface area contributed by atoms with Gasteiger partial charge in [0.2, 0.25) is 0 Å². The topological polar surface area (TPSA) is 55.4 Å². The molecule has 1 saturated carbocycles. The number of H-pyrrole nitrogens is 1. The van der Waals surface area contributed by atoms with E-state index in [0.29, 0.717) is 12.6 Å². The number of nitrogens with one attached hydrogen (secondary N) is 1. The molecule has 0 radical (unpaired) electrons. The highest BCUT2D eigenvalue weighted by molar-refractivity contribution is 5.02. The van der Waals surface area contributed by atoms with Crippen molar-refractivity contribution in [3.8, 4) is 0 Å². The second kappa shape index (κ2) is 8.97. The van der Waals surface area contributed by atoms with E-state index in [1.807, 2.05) is 6.20 Å². The second-order valence-corrected chi connectivity index (χ2v) is 7.54. The minimum atomic E-state index is 0.299. The highest BCUT2D eigenvalue weighted by atomic mass is 16.3. The van der Waals surface area contributed by atoms with E-state index in [-0.39, 0.29) is 0 Å². The summed E-state index contributed by atoms with van der Waals surface area (Å²) in [7, 11) is 0. The lowest BCUT2D eigenvalue weighted by atomic mass is 10.0. The third kappa shape index (κ3) is 4.58. The van der Waals surface area contributed by atoms with Gasteiger partial charge in [-0.25, -0.2) is 4.98 Å². The fraction of sp³-hybridized carbons (Fsp3) is 0.842. The number of nitrogens with zero attached hydrogens (tertiary/aromatic N) is 3. The number of aliphatic hydroxyl groups is 1. The van der Waals surface area contributed by atoms with Gasteiger partial charge in [-0.05, 0) is 25.7 Å². The summed E-state index contributed by atoms with van der Waals surface area (Å²) in [4.78, 5) is 13.2. The second-order valence-electron chi connectivity index (χ2n) is 7.54. The summed E-state index contributed by atoms with van der Waals surface area (Å²) in [5.41, 5.74) is 1.23. The van der Waals surface area contributed by atoms with Crippen LogP contribution >= 0.6 is 0 Å². The van der Waals surface area contributed by atoms with Crippen LogP contribution in [0.25, 0.3) is 0 Å². The van der Waals surface area contributed by atoms with Crippen molar-refractivity contribution in [2.24, 2.45) is 0 Å². The molecule has 2 N–H and O–H groups in total. The van der Waals surface area contributed by atoms with Gasteiger partial charge in [0.05, 0.1) is 0 Å². The highest BCUT2D eigenvalue weighted by Crippen LogP contribution is 2.28. The van der Waals surface area contributed by atoms with E-state index in [9.17, 15) is 5.11 Å². The summed E-state index contributed by atoms with van der Waals surface area (Å²) in [5, 5.41) is 9.48. The van der Waals surface area contributed by atoms with Gasteiger partial charge >= 0.3 is 0 Å². The Morgan fingerprint density at radius 3 is 2.88 bits per heavy atom. The van der Waals surface area contributed by atoms with Crippen molar-refractivity contribution in [1.82, 2.24) is 19.8 Å². The van der Waals surface area contributed by atoms with Gasteiger partial charge in [0.1, 0.15) is 5.82 Å². The summed E-state index contributed by atoms with van der Waals surface area (Å²) in [6.07, 6.45) is 11.8. The zero-order valence-electron chi connectivity index (χ0n) is 15.2. The van der Waals surface area contributed by atoms with Gasteiger partial charge in [-0.15, -0.1) is 0 Å². The molecule has 136 valence electrons. The van der Waals surface area contributed by atoms with E-state index >= 15 is 0 Å². The molecule has 5 nitrogen and oxygen atoms in total. The first kappa shape index (κ1) is 17.9. The first-order chi connectivity index (χ1) is 11.8. The van der Waals surface area contributed by atoms with E-state index in [4.69, 9.17) is 0 Å². The third-order valence-electron chi connectivity index (χ3n) is 5.71. The summed E-state index contributed by atoms with van der Waals surface area (Å²) in [5.74, 6) is 1.13. The molecule has 2 fully saturated rings. The molecule has 1 aliphatic heterocycles. The number of hydrogen-bond acceptors (Lipinski definition) is 4. The first-order valence-corrected chi connectivity index (χ1v) is 9.92. The van der Waals surface area contributed by atoms with E-state index < -0.39 is 0 Å². The van der Waals surface area contributed by atoms with E-state index in [0.717, 1.165) is 50.9 Å². The Hall–Kier alpha value is -0.910. The van der Waals surface area contributed by atoms with E-state index in [1.165, 1.54) is 44.2 Å². The molecule has 1 aromatic heterocycles. The SMILES string of the molecule is CCCCc1ncc(CN2CCN(C3CCCC3)C(CCO)C2)[nH]1. The molecule has 0 aromatic carbocycles. The van der Waals surface area contributed by atoms with Gasteiger partial charge in [-0.1, -0.05) is 26.2 Å². The van der Waals surface area contributed by atoms with Crippen LogP contribution in [0.5, 0.6) is 0 Å². The zero-order valence-corrected chi connectivity index (χ0v) is 15.2. The van der Waals surface area contributed by atoms with Gasteiger partial charge in [0, 0.05) is 63.2 Å². The maximum absolute atomic E-state index is 9.48. The molecule has 0 amide bonds. The standard InChI is InChI=1S/C19H34N4O/c1-2-3-8-19-20-13-16(21-19)14-22-10-11-23(17-6-4-5-7-17)18(15-22)9-12-24/h13,17-18,24H,2-12,14-15H2,1H3,(H,20,21). The Kier molecular flexibility index (Phi) is 6.69. The van der Waals surface area contributed by atoms with Crippen LogP contribution in [0.4, 0.5) is 0 Å². The Labute approximate surface area is 146 Å². The number of imidazole rings is 1. The molecule has 1 aromatic rings. The molecule has 5 heteroatoms. The largest absolute Gasteiger partial charge is 0.396 e. The lowest BCUT2D eigenvalue weighted by Crippen LogP contribution is -2.56. The number of aromatic nitrogens is 2. The number of aliphatic hydroxyl groups excluding tert-OH is 1. The van der Waals surface area contributed by atoms with Crippen molar-refractivity contribution >= 4 is 0 Å². The van der Waals surface area contributed by atoms with Crippen molar-refractivity contribution < 1.29 is 5.11 Å². The van der Waals surface area contributed by atoms with Crippen LogP contribution < -0.4 is 0 Å². The fourth-order valence-electron chi connectivity index (χ4n) is 4.40. The number of aryl methyl sites for hydroxylation is 1. The maximum atomic E-state index is 9.48. The van der Waals surface area contributed by atoms with Crippen LogP contribution in [0.3, 0.4) is 0 Å². The van der Waals surface area contributed by atoms with Crippen LogP contribution in [0.2, 0.25) is 0 Å². The minimum absolute atomic E-state index is 0.299. The minimum Gasteiger partial charge on any atom is -0.396 e. The zero-order chi connectivity index (χ0) is 16.8. The smallest absolute Gasteiger partial charge is 0.106 e. The molecular formula is C19H34N4O. The van der Waals surface area contributed by atoms with E-state index in [1.54, 1.807) is 0 Å². The molecule has 0 bridgehead atoms. The van der Waals surface area contributed by atoms with Crippen LogP contribution in [0.1, 0.15) is 63.4 Å². The summed E-state index contributed by atoms with van der Waals surface area (Å²) < 4.78 is 0. The average Bonchev–Trinajstić information content (AvgIpc) is 3.25. The van der Waals surface area contributed by atoms with Crippen molar-refractivity contribution in [3.63, 3.8) is 0 Å². The van der Waals surface area contributed by atoms with Crippen LogP contribution in [-0.4, -0.2) is 63.2 Å². The third-order valence-corrected chi connectivity index (χ3v) is 5.71. The molecule has 1 saturated heterocycles. The monoisotopic (exact) mass is 334 g/mol. The molecule has 2 heterocycles. The summed E-state index contributed by atoms with van der Waals surface area (Å²) >= 11 is 0. The van der Waals surface area contributed by atoms with Crippen molar-refractivity contribution in [1.29, 1.82) is 0 Å². The van der Waals surface area contributed by atoms with Gasteiger partial charge < -0.3 is 10.1 Å².